The number of carbonyl (C=O) groups is 1. The summed E-state index contributed by atoms with van der Waals surface area (Å²) in [6.45, 7) is 2.23. The fraction of sp³-hybridized carbons (Fsp3) is 0.421. The average molecular weight is 433 g/mol. The number of aliphatic hydroxyl groups is 1. The molecule has 2 aromatic rings. The van der Waals surface area contributed by atoms with E-state index in [1.54, 1.807) is 30.0 Å². The Hall–Kier alpha value is -2.78. The molecule has 3 N–H and O–H groups in total. The molecule has 1 aliphatic rings. The Morgan fingerprint density at radius 1 is 1.43 bits per heavy atom. The Bertz CT molecular complexity index is 1070. The van der Waals surface area contributed by atoms with Crippen LogP contribution in [0.2, 0.25) is 0 Å². The molecule has 0 saturated heterocycles. The molecule has 1 saturated carbocycles. The zero-order valence-corrected chi connectivity index (χ0v) is 17.4. The summed E-state index contributed by atoms with van der Waals surface area (Å²) in [7, 11) is -2.69. The van der Waals surface area contributed by atoms with Gasteiger partial charge in [-0.05, 0) is 25.8 Å². The Morgan fingerprint density at radius 2 is 2.23 bits per heavy atom. The number of nitrogens with one attached hydrogen (secondary N) is 2. The molecule has 160 valence electrons. The number of anilines is 1. The second-order valence-electron chi connectivity index (χ2n) is 6.79. The molecule has 11 heteroatoms. The van der Waals surface area contributed by atoms with Gasteiger partial charge >= 0.3 is 10.3 Å². The quantitative estimate of drug-likeness (QED) is 0.400. The van der Waals surface area contributed by atoms with Crippen molar-refractivity contribution in [1.29, 1.82) is 0 Å². The summed E-state index contributed by atoms with van der Waals surface area (Å²) in [5, 5.41) is 13.3. The van der Waals surface area contributed by atoms with Gasteiger partial charge in [0.15, 0.2) is 5.78 Å². The van der Waals surface area contributed by atoms with Crippen LogP contribution in [0.25, 0.3) is 0 Å². The van der Waals surface area contributed by atoms with Gasteiger partial charge in [0.1, 0.15) is 18.2 Å². The molecule has 3 rings (SSSR count). The maximum atomic E-state index is 13.0. The summed E-state index contributed by atoms with van der Waals surface area (Å²) in [5.74, 6) is 5.78. The van der Waals surface area contributed by atoms with Gasteiger partial charge in [-0.2, -0.15) is 13.1 Å². The number of aromatic nitrogens is 3. The number of rotatable bonds is 8. The van der Waals surface area contributed by atoms with E-state index in [-0.39, 0.29) is 30.2 Å². The van der Waals surface area contributed by atoms with Crippen molar-refractivity contribution in [1.82, 2.24) is 19.3 Å². The van der Waals surface area contributed by atoms with Crippen molar-refractivity contribution in [2.45, 2.75) is 44.6 Å². The Morgan fingerprint density at radius 3 is 2.97 bits per heavy atom. The van der Waals surface area contributed by atoms with E-state index >= 15 is 0 Å². The zero-order chi connectivity index (χ0) is 21.7. The maximum absolute atomic E-state index is 13.0. The molecule has 0 amide bonds. The van der Waals surface area contributed by atoms with Gasteiger partial charge in [0.2, 0.25) is 0 Å². The van der Waals surface area contributed by atoms with Crippen molar-refractivity contribution in [3.05, 3.63) is 42.1 Å². The minimum Gasteiger partial charge on any atom is -0.390 e. The second kappa shape index (κ2) is 9.36. The monoisotopic (exact) mass is 433 g/mol. The third-order valence-corrected chi connectivity index (χ3v) is 5.72. The number of nitrogens with zero attached hydrogens (tertiary/aromatic N) is 3. The lowest BCUT2D eigenvalue weighted by Crippen LogP contribution is -2.31. The first kappa shape index (κ1) is 21.9. The van der Waals surface area contributed by atoms with Gasteiger partial charge < -0.3 is 15.0 Å². The summed E-state index contributed by atoms with van der Waals surface area (Å²) >= 11 is 0. The lowest BCUT2D eigenvalue weighted by molar-refractivity contribution is 0.0636. The van der Waals surface area contributed by atoms with E-state index in [4.69, 9.17) is 4.18 Å². The number of carbonyl (C=O) groups excluding carboxylic acids is 1. The standard InChI is InChI=1S/C19H23N5O5S/c1-3-4-6-24-7-5-13(11-24)18(26)15-10-21-12-22-19(15)23-14-8-16(25)17(9-14)29-30(27,28)20-2/h5,7,10-12,14,16-17,20,25H,6,8-9H2,1-2H3,(H,21,22,23)/t14-,16+,17-/m1/s1. The Kier molecular flexibility index (Phi) is 6.84. The van der Waals surface area contributed by atoms with E-state index in [0.29, 0.717) is 17.9 Å². The van der Waals surface area contributed by atoms with E-state index in [9.17, 15) is 18.3 Å². The lowest BCUT2D eigenvalue weighted by Gasteiger charge is -2.15. The molecule has 0 aromatic carbocycles. The summed E-state index contributed by atoms with van der Waals surface area (Å²) in [6, 6.07) is 1.37. The summed E-state index contributed by atoms with van der Waals surface area (Å²) < 4.78 is 32.0. The van der Waals surface area contributed by atoms with Crippen LogP contribution in [0.3, 0.4) is 0 Å². The molecule has 30 heavy (non-hydrogen) atoms. The first-order chi connectivity index (χ1) is 14.3. The topological polar surface area (TPSA) is 135 Å². The highest BCUT2D eigenvalue weighted by atomic mass is 32.2. The van der Waals surface area contributed by atoms with Crippen LogP contribution in [-0.2, 0) is 21.0 Å². The zero-order valence-electron chi connectivity index (χ0n) is 16.6. The molecule has 0 spiro atoms. The fourth-order valence-corrected chi connectivity index (χ4v) is 3.84. The molecule has 0 bridgehead atoms. The first-order valence-electron chi connectivity index (χ1n) is 9.29. The number of hydrogen-bond donors (Lipinski definition) is 3. The van der Waals surface area contributed by atoms with Crippen LogP contribution >= 0.6 is 0 Å². The van der Waals surface area contributed by atoms with Crippen molar-refractivity contribution in [2.24, 2.45) is 0 Å². The van der Waals surface area contributed by atoms with Crippen LogP contribution in [0.4, 0.5) is 5.82 Å². The van der Waals surface area contributed by atoms with Gasteiger partial charge in [-0.1, -0.05) is 5.92 Å². The molecule has 2 heterocycles. The molecule has 0 aliphatic heterocycles. The molecule has 1 fully saturated rings. The van der Waals surface area contributed by atoms with Crippen LogP contribution in [0, 0.1) is 11.8 Å². The molecule has 1 aliphatic carbocycles. The predicted molar refractivity (Wildman–Crippen MR) is 109 cm³/mol. The van der Waals surface area contributed by atoms with Crippen molar-refractivity contribution >= 4 is 21.9 Å². The molecule has 10 nitrogen and oxygen atoms in total. The third kappa shape index (κ3) is 5.22. The predicted octanol–water partition coefficient (Wildman–Crippen LogP) is 0.317. The largest absolute Gasteiger partial charge is 0.390 e. The Balaban J connectivity index is 1.73. The molecule has 3 atom stereocenters. The van der Waals surface area contributed by atoms with Gasteiger partial charge in [-0.25, -0.2) is 9.97 Å². The van der Waals surface area contributed by atoms with E-state index < -0.39 is 22.5 Å². The van der Waals surface area contributed by atoms with Gasteiger partial charge in [0.05, 0.1) is 18.2 Å². The van der Waals surface area contributed by atoms with E-state index in [1.807, 2.05) is 0 Å². The van der Waals surface area contributed by atoms with Crippen LogP contribution < -0.4 is 10.0 Å². The molecule has 2 aromatic heterocycles. The van der Waals surface area contributed by atoms with E-state index in [1.165, 1.54) is 19.6 Å². The summed E-state index contributed by atoms with van der Waals surface area (Å²) in [5.41, 5.74) is 0.747. The highest BCUT2D eigenvalue weighted by Gasteiger charge is 2.37. The third-order valence-electron chi connectivity index (χ3n) is 4.72. The van der Waals surface area contributed by atoms with Gasteiger partial charge in [-0.15, -0.1) is 5.92 Å². The Labute approximate surface area is 174 Å². The average Bonchev–Trinajstić information content (AvgIpc) is 3.33. The van der Waals surface area contributed by atoms with Gasteiger partial charge in [-0.3, -0.25) is 8.98 Å². The van der Waals surface area contributed by atoms with Gasteiger partial charge in [0.25, 0.3) is 0 Å². The van der Waals surface area contributed by atoms with Crippen LogP contribution in [-0.4, -0.2) is 59.1 Å². The fourth-order valence-electron chi connectivity index (χ4n) is 3.21. The first-order valence-corrected chi connectivity index (χ1v) is 10.7. The minimum atomic E-state index is -3.92. The van der Waals surface area contributed by atoms with Crippen molar-refractivity contribution in [3.8, 4) is 11.8 Å². The van der Waals surface area contributed by atoms with Crippen molar-refractivity contribution in [3.63, 3.8) is 0 Å². The number of hydrogen-bond acceptors (Lipinski definition) is 8. The molecular weight excluding hydrogens is 410 g/mol. The smallest absolute Gasteiger partial charge is 0.335 e. The highest BCUT2D eigenvalue weighted by Crippen LogP contribution is 2.27. The SMILES string of the molecule is CC#CCn1ccc(C(=O)c2cncnc2N[C@@H]2C[C@H](O)[C@H](OS(=O)(=O)NC)C2)c1. The molecular formula is C19H23N5O5S. The number of aliphatic hydroxyl groups excluding tert-OH is 1. The van der Waals surface area contributed by atoms with E-state index in [0.717, 1.165) is 0 Å². The van der Waals surface area contributed by atoms with Crippen LogP contribution in [0.15, 0.2) is 31.0 Å². The van der Waals surface area contributed by atoms with Crippen molar-refractivity contribution < 1.29 is 22.5 Å². The molecule has 0 radical (unpaired) electrons. The summed E-state index contributed by atoms with van der Waals surface area (Å²) in [6.07, 6.45) is 4.81. The van der Waals surface area contributed by atoms with Crippen molar-refractivity contribution in [2.75, 3.05) is 12.4 Å². The van der Waals surface area contributed by atoms with Crippen LogP contribution in [0.5, 0.6) is 0 Å². The summed E-state index contributed by atoms with van der Waals surface area (Å²) in [4.78, 5) is 21.1. The maximum Gasteiger partial charge on any atom is 0.335 e. The highest BCUT2D eigenvalue weighted by molar-refractivity contribution is 7.84. The van der Waals surface area contributed by atoms with Gasteiger partial charge in [0, 0.05) is 37.2 Å². The van der Waals surface area contributed by atoms with E-state index in [2.05, 4.69) is 31.8 Å². The minimum absolute atomic E-state index is 0.228. The normalized spacial score (nSPS) is 21.1. The number of ketones is 1. The molecule has 0 unspecified atom stereocenters. The van der Waals surface area contributed by atoms with Crippen LogP contribution in [0.1, 0.15) is 35.7 Å². The lowest BCUT2D eigenvalue weighted by atomic mass is 10.1. The second-order valence-corrected chi connectivity index (χ2v) is 8.30.